The lowest BCUT2D eigenvalue weighted by Gasteiger charge is -2.39. The molecule has 0 aliphatic carbocycles. The fourth-order valence-corrected chi connectivity index (χ4v) is 2.95. The first-order valence-corrected chi connectivity index (χ1v) is 9.82. The summed E-state index contributed by atoms with van der Waals surface area (Å²) in [5.41, 5.74) is 0.914. The highest BCUT2D eigenvalue weighted by atomic mass is 16.6. The molecule has 29 heavy (non-hydrogen) atoms. The Balaban J connectivity index is 1.52. The van der Waals surface area contributed by atoms with E-state index in [0.29, 0.717) is 19.4 Å². The molecule has 0 spiro atoms. The lowest BCUT2D eigenvalue weighted by atomic mass is 9.99. The molecule has 1 heterocycles. The highest BCUT2D eigenvalue weighted by Crippen LogP contribution is 2.19. The molecule has 0 radical (unpaired) electrons. The van der Waals surface area contributed by atoms with E-state index in [1.807, 2.05) is 30.3 Å². The maximum absolute atomic E-state index is 12.0. The topological polar surface area (TPSA) is 137 Å². The summed E-state index contributed by atoms with van der Waals surface area (Å²) < 4.78 is 10.4. The lowest BCUT2D eigenvalue weighted by molar-refractivity contribution is -0.224. The van der Waals surface area contributed by atoms with E-state index in [2.05, 4.69) is 10.6 Å². The molecule has 9 heteroatoms. The minimum absolute atomic E-state index is 0.215. The van der Waals surface area contributed by atoms with Gasteiger partial charge in [-0.2, -0.15) is 0 Å². The number of carbonyl (C=O) groups is 2. The molecular formula is C20H30N2O7. The van der Waals surface area contributed by atoms with Crippen molar-refractivity contribution >= 4 is 12.0 Å². The van der Waals surface area contributed by atoms with Crippen LogP contribution in [-0.4, -0.2) is 64.5 Å². The number of rotatable bonds is 9. The second kappa shape index (κ2) is 11.7. The van der Waals surface area contributed by atoms with Gasteiger partial charge >= 0.3 is 6.09 Å². The summed E-state index contributed by atoms with van der Waals surface area (Å²) in [6, 6.07) is 9.39. The number of hydrogen-bond donors (Lipinski definition) is 5. The number of hydrogen-bond acceptors (Lipinski definition) is 7. The summed E-state index contributed by atoms with van der Waals surface area (Å²) in [5.74, 6) is -0.319. The van der Waals surface area contributed by atoms with Crippen molar-refractivity contribution in [1.29, 1.82) is 0 Å². The second-order valence-corrected chi connectivity index (χ2v) is 7.10. The molecule has 0 saturated carbocycles. The number of aliphatic hydroxyl groups excluding tert-OH is 3. The number of unbranched alkanes of at least 4 members (excludes halogenated alkanes) is 2. The van der Waals surface area contributed by atoms with Crippen molar-refractivity contribution in [3.63, 3.8) is 0 Å². The van der Waals surface area contributed by atoms with Gasteiger partial charge in [-0.1, -0.05) is 36.8 Å². The Hall–Kier alpha value is -2.20. The molecule has 1 aromatic carbocycles. The van der Waals surface area contributed by atoms with Crippen molar-refractivity contribution in [3.05, 3.63) is 35.9 Å². The van der Waals surface area contributed by atoms with E-state index in [9.17, 15) is 24.9 Å². The standard InChI is InChI=1S/C20H30N2O7/c1-13-16(24)17(25)18(26)19(29-13)22-15(23)10-6-3-7-11-21-20(27)28-12-14-8-4-2-5-9-14/h2,4-5,8-9,13,16-19,24-26H,3,6-7,10-12H2,1H3,(H,21,27)(H,22,23)/t13?,16-,17+,18?,19+/m1/s1. The molecule has 2 unspecified atom stereocenters. The molecule has 1 aliphatic rings. The zero-order valence-corrected chi connectivity index (χ0v) is 16.5. The molecule has 162 valence electrons. The average Bonchev–Trinajstić information content (AvgIpc) is 2.72. The van der Waals surface area contributed by atoms with Crippen LogP contribution in [0.5, 0.6) is 0 Å². The van der Waals surface area contributed by atoms with Crippen molar-refractivity contribution in [2.24, 2.45) is 0 Å². The van der Waals surface area contributed by atoms with Gasteiger partial charge in [-0.15, -0.1) is 0 Å². The monoisotopic (exact) mass is 410 g/mol. The van der Waals surface area contributed by atoms with Crippen LogP contribution in [0.25, 0.3) is 0 Å². The van der Waals surface area contributed by atoms with Gasteiger partial charge in [0.25, 0.3) is 0 Å². The fraction of sp³-hybridized carbons (Fsp3) is 0.600. The quantitative estimate of drug-likeness (QED) is 0.372. The third-order valence-electron chi connectivity index (χ3n) is 4.72. The normalized spacial score (nSPS) is 26.6. The number of carbonyl (C=O) groups excluding carboxylic acids is 2. The molecule has 5 atom stereocenters. The van der Waals surface area contributed by atoms with Gasteiger partial charge in [-0.25, -0.2) is 4.79 Å². The maximum Gasteiger partial charge on any atom is 0.407 e. The van der Waals surface area contributed by atoms with Gasteiger partial charge in [0.05, 0.1) is 6.10 Å². The number of ether oxygens (including phenoxy) is 2. The molecule has 0 bridgehead atoms. The molecule has 5 N–H and O–H groups in total. The van der Waals surface area contributed by atoms with E-state index >= 15 is 0 Å². The lowest BCUT2D eigenvalue weighted by Crippen LogP contribution is -2.61. The largest absolute Gasteiger partial charge is 0.445 e. The van der Waals surface area contributed by atoms with E-state index in [0.717, 1.165) is 12.0 Å². The van der Waals surface area contributed by atoms with E-state index in [-0.39, 0.29) is 18.9 Å². The Morgan fingerprint density at radius 1 is 1.03 bits per heavy atom. The molecule has 1 fully saturated rings. The summed E-state index contributed by atoms with van der Waals surface area (Å²) in [5, 5.41) is 34.4. The van der Waals surface area contributed by atoms with Gasteiger partial charge in [0.15, 0.2) is 6.23 Å². The molecule has 0 aromatic heterocycles. The van der Waals surface area contributed by atoms with Crippen LogP contribution in [0.2, 0.25) is 0 Å². The highest BCUT2D eigenvalue weighted by molar-refractivity contribution is 5.76. The van der Waals surface area contributed by atoms with Gasteiger partial charge in [0.1, 0.15) is 24.9 Å². The predicted octanol–water partition coefficient (Wildman–Crippen LogP) is 0.417. The average molecular weight is 410 g/mol. The maximum atomic E-state index is 12.0. The van der Waals surface area contributed by atoms with Crippen LogP contribution in [0.3, 0.4) is 0 Å². The number of aliphatic hydroxyl groups is 3. The van der Waals surface area contributed by atoms with E-state index in [1.165, 1.54) is 0 Å². The first-order chi connectivity index (χ1) is 13.9. The van der Waals surface area contributed by atoms with Gasteiger partial charge in [0, 0.05) is 13.0 Å². The Bertz CT molecular complexity index is 643. The number of amides is 2. The minimum Gasteiger partial charge on any atom is -0.445 e. The minimum atomic E-state index is -1.39. The first-order valence-electron chi connectivity index (χ1n) is 9.82. The number of benzene rings is 1. The van der Waals surface area contributed by atoms with Gasteiger partial charge in [0.2, 0.25) is 5.91 Å². The van der Waals surface area contributed by atoms with Crippen molar-refractivity contribution in [2.75, 3.05) is 6.54 Å². The summed E-state index contributed by atoms with van der Waals surface area (Å²) >= 11 is 0. The SMILES string of the molecule is CC1O[C@H](NC(=O)CCCCCNC(=O)OCc2ccccc2)C(O)[C@@H](O)[C@@H]1O. The molecule has 1 saturated heterocycles. The summed E-state index contributed by atoms with van der Waals surface area (Å²) in [6.45, 7) is 2.21. The van der Waals surface area contributed by atoms with Crippen LogP contribution in [0.4, 0.5) is 4.79 Å². The van der Waals surface area contributed by atoms with Crippen LogP contribution < -0.4 is 10.6 Å². The van der Waals surface area contributed by atoms with Crippen molar-refractivity contribution in [2.45, 2.75) is 69.9 Å². The van der Waals surface area contributed by atoms with Crippen LogP contribution in [0.15, 0.2) is 30.3 Å². The number of nitrogens with one attached hydrogen (secondary N) is 2. The molecular weight excluding hydrogens is 380 g/mol. The molecule has 9 nitrogen and oxygen atoms in total. The van der Waals surface area contributed by atoms with E-state index in [4.69, 9.17) is 9.47 Å². The van der Waals surface area contributed by atoms with E-state index < -0.39 is 36.7 Å². The van der Waals surface area contributed by atoms with Gasteiger partial charge < -0.3 is 35.4 Å². The Morgan fingerprint density at radius 2 is 1.76 bits per heavy atom. The fourth-order valence-electron chi connectivity index (χ4n) is 2.95. The van der Waals surface area contributed by atoms with Crippen LogP contribution in [0.1, 0.15) is 38.2 Å². The van der Waals surface area contributed by atoms with Crippen molar-refractivity contribution in [3.8, 4) is 0 Å². The highest BCUT2D eigenvalue weighted by Gasteiger charge is 2.42. The Morgan fingerprint density at radius 3 is 2.48 bits per heavy atom. The summed E-state index contributed by atoms with van der Waals surface area (Å²) in [6.07, 6.45) is -3.99. The predicted molar refractivity (Wildman–Crippen MR) is 104 cm³/mol. The zero-order valence-electron chi connectivity index (χ0n) is 16.5. The van der Waals surface area contributed by atoms with Gasteiger partial charge in [-0.05, 0) is 25.3 Å². The van der Waals surface area contributed by atoms with Crippen molar-refractivity contribution < 1.29 is 34.4 Å². The third kappa shape index (κ3) is 7.62. The zero-order chi connectivity index (χ0) is 21.2. The summed E-state index contributed by atoms with van der Waals surface area (Å²) in [4.78, 5) is 23.6. The van der Waals surface area contributed by atoms with Crippen LogP contribution >= 0.6 is 0 Å². The first kappa shape index (κ1) is 23.1. The second-order valence-electron chi connectivity index (χ2n) is 7.10. The van der Waals surface area contributed by atoms with Crippen LogP contribution in [-0.2, 0) is 20.9 Å². The Kier molecular flexibility index (Phi) is 9.33. The molecule has 2 amide bonds. The van der Waals surface area contributed by atoms with Crippen LogP contribution in [0, 0.1) is 0 Å². The summed E-state index contributed by atoms with van der Waals surface area (Å²) in [7, 11) is 0. The van der Waals surface area contributed by atoms with Gasteiger partial charge in [-0.3, -0.25) is 4.79 Å². The molecule has 2 rings (SSSR count). The molecule has 1 aliphatic heterocycles. The number of alkyl carbamates (subject to hydrolysis) is 1. The van der Waals surface area contributed by atoms with E-state index in [1.54, 1.807) is 6.92 Å². The smallest absolute Gasteiger partial charge is 0.407 e. The van der Waals surface area contributed by atoms with Crippen molar-refractivity contribution in [1.82, 2.24) is 10.6 Å². The molecule has 1 aromatic rings. The third-order valence-corrected chi connectivity index (χ3v) is 4.72. The Labute approximate surface area is 170 Å².